The second-order valence-corrected chi connectivity index (χ2v) is 5.92. The lowest BCUT2D eigenvalue weighted by molar-refractivity contribution is -0.144. The fraction of sp³-hybridized carbons (Fsp3) is 0.333. The lowest BCUT2D eigenvalue weighted by Crippen LogP contribution is -2.28. The molecule has 0 saturated heterocycles. The second kappa shape index (κ2) is 8.30. The third-order valence-electron chi connectivity index (χ3n) is 3.22. The van der Waals surface area contributed by atoms with E-state index in [4.69, 9.17) is 4.74 Å². The second-order valence-electron chi connectivity index (χ2n) is 5.00. The Morgan fingerprint density at radius 3 is 2.65 bits per heavy atom. The van der Waals surface area contributed by atoms with Crippen LogP contribution < -0.4 is 5.32 Å². The van der Waals surface area contributed by atoms with Crippen LogP contribution in [0, 0.1) is 0 Å². The maximum Gasteiger partial charge on any atom is 0.433 e. The summed E-state index contributed by atoms with van der Waals surface area (Å²) in [7, 11) is 0. The average molecular weight is 435 g/mol. The summed E-state index contributed by atoms with van der Waals surface area (Å²) in [6.45, 7) is 1.07. The van der Waals surface area contributed by atoms with Gasteiger partial charge in [-0.3, -0.25) is 14.5 Å². The molecule has 0 unspecified atom stereocenters. The molecule has 7 nitrogen and oxygen atoms in total. The van der Waals surface area contributed by atoms with Crippen LogP contribution in [0.3, 0.4) is 0 Å². The highest BCUT2D eigenvalue weighted by Crippen LogP contribution is 2.32. The number of nitrogens with zero attached hydrogens (tertiary/aromatic N) is 3. The Morgan fingerprint density at radius 1 is 1.31 bits per heavy atom. The van der Waals surface area contributed by atoms with Gasteiger partial charge in [-0.1, -0.05) is 0 Å². The van der Waals surface area contributed by atoms with E-state index in [1.807, 2.05) is 0 Å². The van der Waals surface area contributed by atoms with Crippen molar-refractivity contribution in [2.75, 3.05) is 13.2 Å². The van der Waals surface area contributed by atoms with E-state index in [2.05, 4.69) is 31.3 Å². The fourth-order valence-corrected chi connectivity index (χ4v) is 2.46. The van der Waals surface area contributed by atoms with Gasteiger partial charge in [0.15, 0.2) is 5.69 Å². The molecule has 0 aliphatic carbocycles. The van der Waals surface area contributed by atoms with Crippen LogP contribution in [0.1, 0.15) is 33.3 Å². The van der Waals surface area contributed by atoms with Gasteiger partial charge >= 0.3 is 12.1 Å². The summed E-state index contributed by atoms with van der Waals surface area (Å²) < 4.78 is 45.3. The van der Waals surface area contributed by atoms with Crippen molar-refractivity contribution in [2.24, 2.45) is 0 Å². The first-order chi connectivity index (χ1) is 12.2. The number of carbonyl (C=O) groups excluding carboxylic acids is 2. The van der Waals surface area contributed by atoms with E-state index in [1.54, 1.807) is 6.07 Å². The summed E-state index contributed by atoms with van der Waals surface area (Å²) in [6.07, 6.45) is -1.06. The van der Waals surface area contributed by atoms with E-state index in [1.165, 1.54) is 19.3 Å². The molecule has 140 valence electrons. The van der Waals surface area contributed by atoms with E-state index in [0.29, 0.717) is 9.15 Å². The number of aryl methyl sites for hydroxylation is 1. The van der Waals surface area contributed by atoms with Gasteiger partial charge in [0.05, 0.1) is 18.3 Å². The standard InChI is InChI=1S/C15H14BrF3N4O3/c1-2-23-12(15(17,18)19)11(8-22-23)14(25)26-4-3-21-13(24)9-5-10(16)7-20-6-9/h5-8H,2-4H2,1H3,(H,21,24). The Balaban J connectivity index is 1.92. The number of halogens is 4. The zero-order chi connectivity index (χ0) is 19.3. The molecule has 1 N–H and O–H groups in total. The first-order valence-electron chi connectivity index (χ1n) is 7.43. The molecule has 0 spiro atoms. The molecule has 0 radical (unpaired) electrons. The molecule has 2 rings (SSSR count). The largest absolute Gasteiger partial charge is 0.460 e. The van der Waals surface area contributed by atoms with Crippen LogP contribution in [0.15, 0.2) is 29.1 Å². The smallest absolute Gasteiger partial charge is 0.433 e. The van der Waals surface area contributed by atoms with Gasteiger partial charge in [-0.15, -0.1) is 0 Å². The third kappa shape index (κ3) is 4.81. The molecule has 26 heavy (non-hydrogen) atoms. The maximum absolute atomic E-state index is 13.1. The molecule has 0 aliphatic rings. The third-order valence-corrected chi connectivity index (χ3v) is 3.65. The molecule has 0 saturated carbocycles. The molecule has 0 fully saturated rings. The minimum absolute atomic E-state index is 0.0428. The number of carbonyl (C=O) groups is 2. The summed E-state index contributed by atoms with van der Waals surface area (Å²) in [5, 5.41) is 6.02. The number of nitrogens with one attached hydrogen (secondary N) is 1. The first-order valence-corrected chi connectivity index (χ1v) is 8.22. The van der Waals surface area contributed by atoms with E-state index in [-0.39, 0.29) is 25.3 Å². The van der Waals surface area contributed by atoms with Gasteiger partial charge in [-0.05, 0) is 28.9 Å². The van der Waals surface area contributed by atoms with Crippen LogP contribution in [0.4, 0.5) is 13.2 Å². The molecule has 0 atom stereocenters. The normalized spacial score (nSPS) is 11.3. The summed E-state index contributed by atoms with van der Waals surface area (Å²) in [5.41, 5.74) is -1.54. The van der Waals surface area contributed by atoms with E-state index < -0.39 is 29.3 Å². The number of ether oxygens (including phenoxy) is 1. The van der Waals surface area contributed by atoms with Gasteiger partial charge in [0.2, 0.25) is 0 Å². The number of amides is 1. The Labute approximate surface area is 154 Å². The molecule has 2 heterocycles. The van der Waals surface area contributed by atoms with Crippen molar-refractivity contribution in [2.45, 2.75) is 19.6 Å². The summed E-state index contributed by atoms with van der Waals surface area (Å²) in [4.78, 5) is 27.6. The Kier molecular flexibility index (Phi) is 6.35. The van der Waals surface area contributed by atoms with Crippen LogP contribution >= 0.6 is 15.9 Å². The van der Waals surface area contributed by atoms with Crippen LogP contribution in [-0.4, -0.2) is 39.8 Å². The van der Waals surface area contributed by atoms with Crippen molar-refractivity contribution in [3.05, 3.63) is 46.0 Å². The van der Waals surface area contributed by atoms with Crippen molar-refractivity contribution in [1.82, 2.24) is 20.1 Å². The molecule has 0 bridgehead atoms. The van der Waals surface area contributed by atoms with Gasteiger partial charge in [-0.2, -0.15) is 18.3 Å². The topological polar surface area (TPSA) is 86.1 Å². The molecular formula is C15H14BrF3N4O3. The highest BCUT2D eigenvalue weighted by molar-refractivity contribution is 9.10. The lowest BCUT2D eigenvalue weighted by atomic mass is 10.2. The maximum atomic E-state index is 13.1. The highest BCUT2D eigenvalue weighted by atomic mass is 79.9. The van der Waals surface area contributed by atoms with Crippen molar-refractivity contribution in [1.29, 1.82) is 0 Å². The molecule has 2 aromatic rings. The summed E-state index contributed by atoms with van der Waals surface area (Å²) in [6, 6.07) is 1.54. The summed E-state index contributed by atoms with van der Waals surface area (Å²) >= 11 is 3.18. The van der Waals surface area contributed by atoms with Gasteiger partial charge < -0.3 is 10.1 Å². The van der Waals surface area contributed by atoms with Crippen molar-refractivity contribution >= 4 is 27.8 Å². The molecular weight excluding hydrogens is 421 g/mol. The predicted octanol–water partition coefficient (Wildman–Crippen LogP) is 2.67. The lowest BCUT2D eigenvalue weighted by Gasteiger charge is -2.11. The number of esters is 1. The van der Waals surface area contributed by atoms with Crippen molar-refractivity contribution < 1.29 is 27.5 Å². The number of aromatic nitrogens is 3. The van der Waals surface area contributed by atoms with Crippen LogP contribution in [0.2, 0.25) is 0 Å². The highest BCUT2D eigenvalue weighted by Gasteiger charge is 2.40. The van der Waals surface area contributed by atoms with Gasteiger partial charge in [0, 0.05) is 23.4 Å². The zero-order valence-corrected chi connectivity index (χ0v) is 15.1. The number of rotatable bonds is 6. The fourth-order valence-electron chi connectivity index (χ4n) is 2.10. The van der Waals surface area contributed by atoms with E-state index in [9.17, 15) is 22.8 Å². The summed E-state index contributed by atoms with van der Waals surface area (Å²) in [5.74, 6) is -1.61. The minimum atomic E-state index is -4.73. The number of hydrogen-bond acceptors (Lipinski definition) is 5. The van der Waals surface area contributed by atoms with E-state index >= 15 is 0 Å². The molecule has 2 aromatic heterocycles. The number of pyridine rings is 1. The first kappa shape index (κ1) is 19.9. The molecule has 0 aromatic carbocycles. The van der Waals surface area contributed by atoms with Crippen molar-refractivity contribution in [3.8, 4) is 0 Å². The zero-order valence-electron chi connectivity index (χ0n) is 13.5. The molecule has 1 amide bonds. The van der Waals surface area contributed by atoms with Gasteiger partial charge in [-0.25, -0.2) is 4.79 Å². The van der Waals surface area contributed by atoms with E-state index in [0.717, 1.165) is 6.20 Å². The van der Waals surface area contributed by atoms with Crippen LogP contribution in [0.5, 0.6) is 0 Å². The van der Waals surface area contributed by atoms with Crippen LogP contribution in [0.25, 0.3) is 0 Å². The molecule has 11 heteroatoms. The minimum Gasteiger partial charge on any atom is -0.460 e. The number of alkyl halides is 3. The van der Waals surface area contributed by atoms with Gasteiger partial charge in [0.1, 0.15) is 12.2 Å². The monoisotopic (exact) mass is 434 g/mol. The SMILES string of the molecule is CCn1ncc(C(=O)OCCNC(=O)c2cncc(Br)c2)c1C(F)(F)F. The number of hydrogen-bond donors (Lipinski definition) is 1. The Morgan fingerprint density at radius 2 is 2.04 bits per heavy atom. The van der Waals surface area contributed by atoms with Crippen LogP contribution in [-0.2, 0) is 17.5 Å². The average Bonchev–Trinajstić information content (AvgIpc) is 3.03. The van der Waals surface area contributed by atoms with Crippen molar-refractivity contribution in [3.63, 3.8) is 0 Å². The Hall–Kier alpha value is -2.43. The molecule has 0 aliphatic heterocycles. The predicted molar refractivity (Wildman–Crippen MR) is 87.5 cm³/mol. The Bertz CT molecular complexity index is 808. The van der Waals surface area contributed by atoms with Gasteiger partial charge in [0.25, 0.3) is 5.91 Å². The quantitative estimate of drug-likeness (QED) is 0.557.